The van der Waals surface area contributed by atoms with E-state index in [2.05, 4.69) is 12.1 Å². The lowest BCUT2D eigenvalue weighted by atomic mass is 10.2. The van der Waals surface area contributed by atoms with Gasteiger partial charge in [-0.3, -0.25) is 4.79 Å². The number of rotatable bonds is 4. The maximum atomic E-state index is 11.9. The molecule has 5 heteroatoms. The number of hydrogen-bond acceptors (Lipinski definition) is 3. The Morgan fingerprint density at radius 1 is 1.67 bits per heavy atom. The molecule has 1 saturated carbocycles. The number of nitrogens with two attached hydrogens (primary N) is 1. The van der Waals surface area contributed by atoms with Gasteiger partial charge in [0, 0.05) is 12.0 Å². The van der Waals surface area contributed by atoms with Gasteiger partial charge in [-0.25, -0.2) is 0 Å². The lowest BCUT2D eigenvalue weighted by molar-refractivity contribution is -0.133. The number of carbonyl (C=O) groups excluding carboxylic acids is 1. The van der Waals surface area contributed by atoms with Crippen molar-refractivity contribution in [2.24, 2.45) is 22.7 Å². The van der Waals surface area contributed by atoms with Crippen LogP contribution in [0.25, 0.3) is 0 Å². The van der Waals surface area contributed by atoms with Crippen molar-refractivity contribution in [1.29, 1.82) is 0 Å². The second kappa shape index (κ2) is 4.51. The van der Waals surface area contributed by atoms with Gasteiger partial charge < -0.3 is 15.8 Å². The zero-order chi connectivity index (χ0) is 11.6. The van der Waals surface area contributed by atoms with Crippen LogP contribution in [0.4, 0.5) is 0 Å². The van der Waals surface area contributed by atoms with E-state index >= 15 is 0 Å². The number of nitrogens with zero attached hydrogens (tertiary/aromatic N) is 2. The minimum Gasteiger partial charge on any atom is -0.409 e. The summed E-state index contributed by atoms with van der Waals surface area (Å²) in [4.78, 5) is 13.6. The normalized spacial score (nSPS) is 25.5. The minimum absolute atomic E-state index is 0.0744. The fourth-order valence-corrected chi connectivity index (χ4v) is 1.60. The van der Waals surface area contributed by atoms with Gasteiger partial charge in [0.05, 0.1) is 6.54 Å². The number of amidine groups is 1. The van der Waals surface area contributed by atoms with E-state index in [1.165, 1.54) is 0 Å². The molecule has 0 aliphatic heterocycles. The van der Waals surface area contributed by atoms with Gasteiger partial charge in [-0.1, -0.05) is 12.1 Å². The minimum atomic E-state index is 0.0744. The summed E-state index contributed by atoms with van der Waals surface area (Å²) in [6, 6.07) is 0.0746. The molecule has 2 unspecified atom stereocenters. The molecule has 0 saturated heterocycles. The number of oxime groups is 1. The summed E-state index contributed by atoms with van der Waals surface area (Å²) in [5.41, 5.74) is 5.41. The Hall–Kier alpha value is -1.26. The predicted molar refractivity (Wildman–Crippen MR) is 57.5 cm³/mol. The highest BCUT2D eigenvalue weighted by atomic mass is 16.4. The zero-order valence-corrected chi connectivity index (χ0v) is 9.47. The van der Waals surface area contributed by atoms with Crippen molar-refractivity contribution in [1.82, 2.24) is 4.90 Å². The molecule has 0 aromatic carbocycles. The fourth-order valence-electron chi connectivity index (χ4n) is 1.60. The van der Waals surface area contributed by atoms with Crippen LogP contribution in [0.15, 0.2) is 5.16 Å². The Bertz CT molecular complexity index is 276. The molecule has 1 aliphatic carbocycles. The van der Waals surface area contributed by atoms with Crippen LogP contribution in [-0.4, -0.2) is 34.4 Å². The van der Waals surface area contributed by atoms with Crippen LogP contribution in [0, 0.1) is 11.8 Å². The molecule has 15 heavy (non-hydrogen) atoms. The Balaban J connectivity index is 2.61. The van der Waals surface area contributed by atoms with Gasteiger partial charge in [0.2, 0.25) is 5.91 Å². The monoisotopic (exact) mass is 213 g/mol. The van der Waals surface area contributed by atoms with Crippen molar-refractivity contribution in [2.45, 2.75) is 33.2 Å². The zero-order valence-electron chi connectivity index (χ0n) is 9.47. The largest absolute Gasteiger partial charge is 0.409 e. The van der Waals surface area contributed by atoms with Crippen LogP contribution >= 0.6 is 0 Å². The van der Waals surface area contributed by atoms with E-state index in [-0.39, 0.29) is 30.2 Å². The average Bonchev–Trinajstić information content (AvgIpc) is 2.90. The quantitative estimate of drug-likeness (QED) is 0.311. The topological polar surface area (TPSA) is 78.9 Å². The first-order valence-corrected chi connectivity index (χ1v) is 5.24. The highest BCUT2D eigenvalue weighted by Crippen LogP contribution is 2.39. The third-order valence-electron chi connectivity index (χ3n) is 2.79. The number of carbonyl (C=O) groups is 1. The Labute approximate surface area is 89.9 Å². The second-order valence-electron chi connectivity index (χ2n) is 4.47. The summed E-state index contributed by atoms with van der Waals surface area (Å²) >= 11 is 0. The van der Waals surface area contributed by atoms with E-state index in [0.717, 1.165) is 6.42 Å². The standard InChI is InChI=1S/C10H19N3O2/c1-6(2)13(5-9(11)12-15)10(14)8-4-7(8)3/h6-8,15H,4-5H2,1-3H3,(H2,11,12). The van der Waals surface area contributed by atoms with Gasteiger partial charge >= 0.3 is 0 Å². The van der Waals surface area contributed by atoms with Crippen LogP contribution in [-0.2, 0) is 4.79 Å². The molecule has 1 amide bonds. The van der Waals surface area contributed by atoms with Crippen LogP contribution in [0.2, 0.25) is 0 Å². The fraction of sp³-hybridized carbons (Fsp3) is 0.800. The molecule has 86 valence electrons. The lowest BCUT2D eigenvalue weighted by Crippen LogP contribution is -2.43. The number of hydrogen-bond donors (Lipinski definition) is 2. The average molecular weight is 213 g/mol. The van der Waals surface area contributed by atoms with Gasteiger partial charge in [0.15, 0.2) is 5.84 Å². The summed E-state index contributed by atoms with van der Waals surface area (Å²) in [6.45, 7) is 6.12. The molecular formula is C10H19N3O2. The van der Waals surface area contributed by atoms with E-state index < -0.39 is 0 Å². The molecule has 3 N–H and O–H groups in total. The van der Waals surface area contributed by atoms with Crippen LogP contribution in [0.3, 0.4) is 0 Å². The molecule has 2 atom stereocenters. The predicted octanol–water partition coefficient (Wildman–Crippen LogP) is 0.626. The Morgan fingerprint density at radius 2 is 2.20 bits per heavy atom. The van der Waals surface area contributed by atoms with Crippen molar-refractivity contribution in [3.63, 3.8) is 0 Å². The van der Waals surface area contributed by atoms with Crippen LogP contribution in [0.5, 0.6) is 0 Å². The van der Waals surface area contributed by atoms with Crippen LogP contribution < -0.4 is 5.73 Å². The third kappa shape index (κ3) is 2.84. The number of amides is 1. The third-order valence-corrected chi connectivity index (χ3v) is 2.79. The SMILES string of the molecule is CC1CC1C(=O)N(CC(N)=NO)C(C)C. The van der Waals surface area contributed by atoms with Gasteiger partial charge in [-0.2, -0.15) is 0 Å². The summed E-state index contributed by atoms with van der Waals surface area (Å²) in [7, 11) is 0. The smallest absolute Gasteiger partial charge is 0.226 e. The lowest BCUT2D eigenvalue weighted by Gasteiger charge is -2.26. The second-order valence-corrected chi connectivity index (χ2v) is 4.47. The first-order valence-electron chi connectivity index (χ1n) is 5.24. The summed E-state index contributed by atoms with van der Waals surface area (Å²) in [5, 5.41) is 11.4. The molecule has 1 aliphatic rings. The summed E-state index contributed by atoms with van der Waals surface area (Å²) in [6.07, 6.45) is 0.957. The van der Waals surface area contributed by atoms with Crippen molar-refractivity contribution < 1.29 is 10.0 Å². The van der Waals surface area contributed by atoms with Crippen molar-refractivity contribution in [3.8, 4) is 0 Å². The molecule has 1 rings (SSSR count). The highest BCUT2D eigenvalue weighted by Gasteiger charge is 2.42. The molecule has 0 radical (unpaired) electrons. The first kappa shape index (κ1) is 11.8. The van der Waals surface area contributed by atoms with Gasteiger partial charge in [0.25, 0.3) is 0 Å². The molecule has 0 aromatic heterocycles. The van der Waals surface area contributed by atoms with E-state index in [0.29, 0.717) is 5.92 Å². The highest BCUT2D eigenvalue weighted by molar-refractivity contribution is 5.89. The van der Waals surface area contributed by atoms with E-state index in [4.69, 9.17) is 10.9 Å². The van der Waals surface area contributed by atoms with Crippen LogP contribution in [0.1, 0.15) is 27.2 Å². The Morgan fingerprint density at radius 3 is 2.53 bits per heavy atom. The summed E-state index contributed by atoms with van der Waals surface area (Å²) in [5.74, 6) is 0.805. The molecular weight excluding hydrogens is 194 g/mol. The van der Waals surface area contributed by atoms with E-state index in [1.807, 2.05) is 13.8 Å². The van der Waals surface area contributed by atoms with E-state index in [9.17, 15) is 4.79 Å². The molecule has 0 bridgehead atoms. The van der Waals surface area contributed by atoms with Crippen molar-refractivity contribution in [3.05, 3.63) is 0 Å². The van der Waals surface area contributed by atoms with Crippen molar-refractivity contribution >= 4 is 11.7 Å². The first-order chi connectivity index (χ1) is 6.97. The maximum absolute atomic E-state index is 11.9. The molecule has 1 fully saturated rings. The maximum Gasteiger partial charge on any atom is 0.226 e. The summed E-state index contributed by atoms with van der Waals surface area (Å²) < 4.78 is 0. The van der Waals surface area contributed by atoms with E-state index in [1.54, 1.807) is 4.90 Å². The van der Waals surface area contributed by atoms with Crippen molar-refractivity contribution in [2.75, 3.05) is 6.54 Å². The molecule has 5 nitrogen and oxygen atoms in total. The molecule has 0 aromatic rings. The van der Waals surface area contributed by atoms with Gasteiger partial charge in [-0.05, 0) is 26.2 Å². The molecule has 0 heterocycles. The molecule has 0 spiro atoms. The van der Waals surface area contributed by atoms with Gasteiger partial charge in [-0.15, -0.1) is 0 Å². The van der Waals surface area contributed by atoms with Gasteiger partial charge in [0.1, 0.15) is 0 Å². The Kier molecular flexibility index (Phi) is 3.55.